The summed E-state index contributed by atoms with van der Waals surface area (Å²) in [6.07, 6.45) is 1.93. The molecule has 4 nitrogen and oxygen atoms in total. The molecule has 1 aromatic rings. The first-order chi connectivity index (χ1) is 8.99. The van der Waals surface area contributed by atoms with Crippen molar-refractivity contribution < 1.29 is 9.59 Å². The summed E-state index contributed by atoms with van der Waals surface area (Å²) in [7, 11) is 0. The van der Waals surface area contributed by atoms with Crippen LogP contribution in [-0.2, 0) is 16.0 Å². The molecule has 0 radical (unpaired) electrons. The van der Waals surface area contributed by atoms with Gasteiger partial charge in [-0.3, -0.25) is 9.59 Å². The molecule has 1 aliphatic rings. The number of hydrogen-bond donors (Lipinski definition) is 2. The van der Waals surface area contributed by atoms with Gasteiger partial charge >= 0.3 is 0 Å². The lowest BCUT2D eigenvalue weighted by Gasteiger charge is -2.17. The first kappa shape index (κ1) is 14.2. The molecule has 0 spiro atoms. The summed E-state index contributed by atoms with van der Waals surface area (Å²) in [4.78, 5) is 23.1. The number of carbonyl (C=O) groups excluding carboxylic acids is 2. The van der Waals surface area contributed by atoms with Crippen LogP contribution in [0.2, 0.25) is 10.0 Å². The maximum Gasteiger partial charge on any atom is 0.240 e. The van der Waals surface area contributed by atoms with Crippen LogP contribution in [0.5, 0.6) is 0 Å². The molecule has 2 amide bonds. The molecule has 3 N–H and O–H groups in total. The number of carbonyl (C=O) groups is 2. The molecule has 0 bridgehead atoms. The molecule has 1 aliphatic carbocycles. The smallest absolute Gasteiger partial charge is 0.240 e. The average molecular weight is 301 g/mol. The molecular weight excluding hydrogens is 287 g/mol. The summed E-state index contributed by atoms with van der Waals surface area (Å²) in [6, 6.07) is 4.30. The van der Waals surface area contributed by atoms with E-state index in [0.29, 0.717) is 15.6 Å². The molecule has 1 fully saturated rings. The SMILES string of the molecule is NC(=O)[C@@H](Cc1c(Cl)cccc1Cl)NC(=O)C1CC1. The molecule has 6 heteroatoms. The molecule has 19 heavy (non-hydrogen) atoms. The minimum absolute atomic E-state index is 0.0172. The molecule has 1 saturated carbocycles. The zero-order valence-corrected chi connectivity index (χ0v) is 11.7. The van der Waals surface area contributed by atoms with Crippen molar-refractivity contribution >= 4 is 35.0 Å². The van der Waals surface area contributed by atoms with E-state index in [-0.39, 0.29) is 18.2 Å². The van der Waals surface area contributed by atoms with Crippen LogP contribution < -0.4 is 11.1 Å². The van der Waals surface area contributed by atoms with Gasteiger partial charge in [0.25, 0.3) is 0 Å². The van der Waals surface area contributed by atoms with Crippen molar-refractivity contribution in [3.05, 3.63) is 33.8 Å². The number of nitrogens with one attached hydrogen (secondary N) is 1. The first-order valence-corrected chi connectivity index (χ1v) is 6.77. The molecule has 0 aliphatic heterocycles. The zero-order valence-electron chi connectivity index (χ0n) is 10.2. The van der Waals surface area contributed by atoms with Gasteiger partial charge in [0.05, 0.1) is 0 Å². The van der Waals surface area contributed by atoms with E-state index in [1.807, 2.05) is 0 Å². The normalized spacial score (nSPS) is 15.9. The maximum atomic E-state index is 11.7. The van der Waals surface area contributed by atoms with Gasteiger partial charge in [-0.05, 0) is 30.5 Å². The van der Waals surface area contributed by atoms with E-state index in [2.05, 4.69) is 5.32 Å². The predicted molar refractivity (Wildman–Crippen MR) is 74.0 cm³/mol. The average Bonchev–Trinajstić information content (AvgIpc) is 3.16. The summed E-state index contributed by atoms with van der Waals surface area (Å²) in [6.45, 7) is 0. The lowest BCUT2D eigenvalue weighted by molar-refractivity contribution is -0.128. The van der Waals surface area contributed by atoms with Gasteiger partial charge in [-0.2, -0.15) is 0 Å². The van der Waals surface area contributed by atoms with Gasteiger partial charge in [-0.25, -0.2) is 0 Å². The minimum Gasteiger partial charge on any atom is -0.368 e. The molecule has 2 rings (SSSR count). The predicted octanol–water partition coefficient (Wildman–Crippen LogP) is 1.92. The highest BCUT2D eigenvalue weighted by atomic mass is 35.5. The fourth-order valence-electron chi connectivity index (χ4n) is 1.79. The topological polar surface area (TPSA) is 72.2 Å². The van der Waals surface area contributed by atoms with Crippen LogP contribution in [-0.4, -0.2) is 17.9 Å². The van der Waals surface area contributed by atoms with Crippen LogP contribution in [0.3, 0.4) is 0 Å². The van der Waals surface area contributed by atoms with E-state index in [0.717, 1.165) is 12.8 Å². The van der Waals surface area contributed by atoms with Crippen molar-refractivity contribution in [3.63, 3.8) is 0 Å². The Morgan fingerprint density at radius 1 is 1.32 bits per heavy atom. The first-order valence-electron chi connectivity index (χ1n) is 6.01. The lowest BCUT2D eigenvalue weighted by atomic mass is 10.0. The number of hydrogen-bond acceptors (Lipinski definition) is 2. The van der Waals surface area contributed by atoms with Crippen molar-refractivity contribution in [2.24, 2.45) is 11.7 Å². The number of nitrogens with two attached hydrogens (primary N) is 1. The van der Waals surface area contributed by atoms with Crippen LogP contribution in [0.4, 0.5) is 0 Å². The van der Waals surface area contributed by atoms with E-state index in [4.69, 9.17) is 28.9 Å². The number of amides is 2. The summed E-state index contributed by atoms with van der Waals surface area (Å²) in [5, 5.41) is 3.57. The number of benzene rings is 1. The van der Waals surface area contributed by atoms with Gasteiger partial charge < -0.3 is 11.1 Å². The third-order valence-corrected chi connectivity index (χ3v) is 3.79. The molecular formula is C13H14Cl2N2O2. The largest absolute Gasteiger partial charge is 0.368 e. The van der Waals surface area contributed by atoms with Crippen LogP contribution in [0.15, 0.2) is 18.2 Å². The van der Waals surface area contributed by atoms with Gasteiger partial charge in [0.2, 0.25) is 11.8 Å². The molecule has 1 atom stereocenters. The second-order valence-electron chi connectivity index (χ2n) is 4.64. The van der Waals surface area contributed by atoms with Gasteiger partial charge in [0.15, 0.2) is 0 Å². The van der Waals surface area contributed by atoms with Crippen molar-refractivity contribution in [1.29, 1.82) is 0 Å². The van der Waals surface area contributed by atoms with Gasteiger partial charge in [-0.1, -0.05) is 29.3 Å². The zero-order chi connectivity index (χ0) is 14.0. The van der Waals surface area contributed by atoms with Crippen LogP contribution in [0.25, 0.3) is 0 Å². The number of halogens is 2. The molecule has 102 valence electrons. The summed E-state index contributed by atoms with van der Waals surface area (Å²) >= 11 is 12.1. The second kappa shape index (κ2) is 5.80. The Morgan fingerprint density at radius 2 is 1.89 bits per heavy atom. The van der Waals surface area contributed by atoms with E-state index >= 15 is 0 Å². The molecule has 0 aromatic heterocycles. The second-order valence-corrected chi connectivity index (χ2v) is 5.46. The van der Waals surface area contributed by atoms with E-state index < -0.39 is 11.9 Å². The number of rotatable bonds is 5. The van der Waals surface area contributed by atoms with E-state index in [1.165, 1.54) is 0 Å². The minimum atomic E-state index is -0.787. The Morgan fingerprint density at radius 3 is 2.37 bits per heavy atom. The standard InChI is InChI=1S/C13H14Cl2N2O2/c14-9-2-1-3-10(15)8(9)6-11(12(16)18)17-13(19)7-4-5-7/h1-3,7,11H,4-6H2,(H2,16,18)(H,17,19)/t11-/m1/s1. The summed E-state index contributed by atoms with van der Waals surface area (Å²) < 4.78 is 0. The fourth-order valence-corrected chi connectivity index (χ4v) is 2.34. The third kappa shape index (κ3) is 3.61. The monoisotopic (exact) mass is 300 g/mol. The Hall–Kier alpha value is -1.26. The van der Waals surface area contributed by atoms with Crippen LogP contribution in [0, 0.1) is 5.92 Å². The van der Waals surface area contributed by atoms with Crippen LogP contribution in [0.1, 0.15) is 18.4 Å². The molecule has 0 saturated heterocycles. The Balaban J connectivity index is 2.11. The van der Waals surface area contributed by atoms with Crippen LogP contribution >= 0.6 is 23.2 Å². The van der Waals surface area contributed by atoms with Gasteiger partial charge in [-0.15, -0.1) is 0 Å². The van der Waals surface area contributed by atoms with Gasteiger partial charge in [0, 0.05) is 22.4 Å². The summed E-state index contributed by atoms with van der Waals surface area (Å²) in [5.41, 5.74) is 5.93. The third-order valence-electron chi connectivity index (χ3n) is 3.08. The highest BCUT2D eigenvalue weighted by Crippen LogP contribution is 2.29. The fraction of sp³-hybridized carbons (Fsp3) is 0.385. The Labute approximate surface area is 121 Å². The van der Waals surface area contributed by atoms with Gasteiger partial charge in [0.1, 0.15) is 6.04 Å². The van der Waals surface area contributed by atoms with Crippen molar-refractivity contribution in [3.8, 4) is 0 Å². The van der Waals surface area contributed by atoms with Crippen molar-refractivity contribution in [2.45, 2.75) is 25.3 Å². The Bertz CT molecular complexity index is 495. The quantitative estimate of drug-likeness (QED) is 0.872. The maximum absolute atomic E-state index is 11.7. The van der Waals surface area contributed by atoms with E-state index in [9.17, 15) is 9.59 Å². The Kier molecular flexibility index (Phi) is 4.32. The van der Waals surface area contributed by atoms with Crippen molar-refractivity contribution in [1.82, 2.24) is 5.32 Å². The highest BCUT2D eigenvalue weighted by molar-refractivity contribution is 6.36. The van der Waals surface area contributed by atoms with Crippen molar-refractivity contribution in [2.75, 3.05) is 0 Å². The molecule has 0 heterocycles. The number of primary amides is 1. The highest BCUT2D eigenvalue weighted by Gasteiger charge is 2.32. The van der Waals surface area contributed by atoms with E-state index in [1.54, 1.807) is 18.2 Å². The summed E-state index contributed by atoms with van der Waals surface area (Å²) in [5.74, 6) is -0.708. The lowest BCUT2D eigenvalue weighted by Crippen LogP contribution is -2.46. The molecule has 0 unspecified atom stereocenters. The molecule has 1 aromatic carbocycles.